The van der Waals surface area contributed by atoms with E-state index in [2.05, 4.69) is 329 Å². The van der Waals surface area contributed by atoms with Gasteiger partial charge in [0.15, 0.2) is 0 Å². The second kappa shape index (κ2) is 20.0. The molecular formula is C82H56BBrNS. The molecule has 18 rings (SSSR count). The summed E-state index contributed by atoms with van der Waals surface area (Å²) in [4.78, 5) is 0. The number of rotatable bonds is 2. The number of fused-ring (bicyclic) bond motifs is 22. The van der Waals surface area contributed by atoms with Crippen molar-refractivity contribution in [3.63, 3.8) is 0 Å². The third-order valence-electron chi connectivity index (χ3n) is 19.3. The summed E-state index contributed by atoms with van der Waals surface area (Å²) < 4.78 is 3.86. The zero-order valence-electron chi connectivity index (χ0n) is 48.2. The summed E-state index contributed by atoms with van der Waals surface area (Å²) >= 11 is 7.12. The molecule has 405 valence electrons. The Balaban J connectivity index is 0.000000134. The first-order chi connectivity index (χ1) is 42.0. The van der Waals surface area contributed by atoms with E-state index in [1.807, 2.05) is 0 Å². The fourth-order valence-electron chi connectivity index (χ4n) is 15.3. The van der Waals surface area contributed by atoms with Gasteiger partial charge >= 0.3 is 24.8 Å². The van der Waals surface area contributed by atoms with Crippen LogP contribution in [0.5, 0.6) is 0 Å². The molecule has 0 aliphatic heterocycles. The van der Waals surface area contributed by atoms with Crippen molar-refractivity contribution >= 4 is 144 Å². The summed E-state index contributed by atoms with van der Waals surface area (Å²) in [6.45, 7) is 9.60. The molecule has 0 fully saturated rings. The molecule has 0 N–H and O–H groups in total. The van der Waals surface area contributed by atoms with Gasteiger partial charge in [-0.15, -0.1) is 0 Å². The average molecular weight is 1180 g/mol. The molecule has 16 aromatic carbocycles. The molecule has 0 amide bonds. The van der Waals surface area contributed by atoms with Gasteiger partial charge in [0.2, 0.25) is 0 Å². The van der Waals surface area contributed by atoms with Crippen LogP contribution in [0.15, 0.2) is 270 Å². The molecular weight excluding hydrogens is 1120 g/mol. The van der Waals surface area contributed by atoms with Gasteiger partial charge in [0.1, 0.15) is 0 Å². The Labute approximate surface area is 515 Å². The first-order valence-electron chi connectivity index (χ1n) is 29.6. The van der Waals surface area contributed by atoms with E-state index < -0.39 is 0 Å². The van der Waals surface area contributed by atoms with Crippen molar-refractivity contribution in [1.82, 2.24) is 0 Å². The molecule has 0 saturated heterocycles. The summed E-state index contributed by atoms with van der Waals surface area (Å²) in [6, 6.07) is 97.3. The minimum atomic E-state index is -0.122. The van der Waals surface area contributed by atoms with E-state index in [1.165, 1.54) is 174 Å². The van der Waals surface area contributed by atoms with Gasteiger partial charge in [0.05, 0.1) is 0 Å². The van der Waals surface area contributed by atoms with Gasteiger partial charge in [-0.3, -0.25) is 0 Å². The van der Waals surface area contributed by atoms with E-state index in [4.69, 9.17) is 0 Å². The molecule has 0 atom stereocenters. The number of halogens is 1. The van der Waals surface area contributed by atoms with Gasteiger partial charge in [0.25, 0.3) is 0 Å². The molecule has 86 heavy (non-hydrogen) atoms. The van der Waals surface area contributed by atoms with E-state index in [-0.39, 0.29) is 10.8 Å². The van der Waals surface area contributed by atoms with Gasteiger partial charge in [-0.2, -0.15) is 0 Å². The summed E-state index contributed by atoms with van der Waals surface area (Å²) in [5.41, 5.74) is 16.0. The molecule has 4 heteroatoms. The molecule has 1 radical (unpaired) electrons. The Morgan fingerprint density at radius 3 is 0.884 bits per heavy atom. The Morgan fingerprint density at radius 2 is 0.535 bits per heavy atom. The Morgan fingerprint density at radius 1 is 0.279 bits per heavy atom. The van der Waals surface area contributed by atoms with Crippen molar-refractivity contribution in [3.8, 4) is 44.5 Å². The van der Waals surface area contributed by atoms with Gasteiger partial charge in [-0.1, -0.05) is 246 Å². The SMILES string of the molecule is CC1(C)c2cc(-c3c4ccccc4c(Br)c4ccccc34)ccc2-c2cc3c4ccccc4c4ccccc4c3cc21.CC1(C)c2cc(-c3c4ccccc4cc4ccccc34)ccc2-c2cc3c4ccccc4c4ccccc4c3cc21.[B]=NS. The second-order valence-corrected chi connectivity index (χ2v) is 25.5. The number of hydrogen-bond donors (Lipinski definition) is 1. The van der Waals surface area contributed by atoms with Crippen molar-refractivity contribution in [2.45, 2.75) is 38.5 Å². The van der Waals surface area contributed by atoms with Crippen LogP contribution in [-0.2, 0) is 10.8 Å². The standard InChI is InChI=1S/C41H27Br.C41H28.BHNS/c1-41(2)37-21-24(39-30-15-7-9-17-32(30)40(42)33-18-10-8-16-31(33)39)19-20-29(37)36-22-34-27-13-5-3-11-25(27)26-12-4-6-14-28(26)35(34)23-38(36)41;1-41(2)38-22-27(40-28-13-5-3-11-25(28)21-26-12-4-6-14-29(26)40)19-20-34(38)37-23-35-32-17-9-7-15-30(32)31-16-8-10-18-33(31)36(35)24-39(37)41;1-2-3/h3-23H,1-2H3;3-24H,1-2H3;3H. The number of thiol groups is 1. The van der Waals surface area contributed by atoms with E-state index in [0.29, 0.717) is 0 Å². The van der Waals surface area contributed by atoms with Crippen LogP contribution < -0.4 is 0 Å². The molecule has 2 aliphatic carbocycles. The van der Waals surface area contributed by atoms with Crippen molar-refractivity contribution in [2.75, 3.05) is 0 Å². The van der Waals surface area contributed by atoms with Crippen LogP contribution in [0.3, 0.4) is 0 Å². The van der Waals surface area contributed by atoms with Crippen molar-refractivity contribution in [2.24, 2.45) is 4.30 Å². The Hall–Kier alpha value is -9.19. The maximum absolute atomic E-state index is 4.34. The number of nitrogens with zero attached hydrogens (tertiary/aromatic N) is 1. The molecule has 0 heterocycles. The van der Waals surface area contributed by atoms with E-state index >= 15 is 0 Å². The number of benzene rings is 16. The van der Waals surface area contributed by atoms with Crippen LogP contribution in [0.4, 0.5) is 0 Å². The fourth-order valence-corrected chi connectivity index (χ4v) is 16.0. The first-order valence-corrected chi connectivity index (χ1v) is 30.8. The Kier molecular flexibility index (Phi) is 12.2. The molecule has 0 unspecified atom stereocenters. The summed E-state index contributed by atoms with van der Waals surface area (Å²) in [7, 11) is 4.34. The molecule has 2 aliphatic rings. The van der Waals surface area contributed by atoms with E-state index in [9.17, 15) is 0 Å². The van der Waals surface area contributed by atoms with Crippen LogP contribution >= 0.6 is 28.7 Å². The van der Waals surface area contributed by atoms with Crippen LogP contribution in [0.1, 0.15) is 49.9 Å². The molecule has 16 aromatic rings. The molecule has 0 spiro atoms. The van der Waals surface area contributed by atoms with E-state index in [1.54, 1.807) is 0 Å². The topological polar surface area (TPSA) is 12.4 Å². The van der Waals surface area contributed by atoms with Gasteiger partial charge in [-0.25, -0.2) is 0 Å². The third-order valence-corrected chi connectivity index (χ3v) is 20.1. The molecule has 1 nitrogen and oxygen atoms in total. The second-order valence-electron chi connectivity index (χ2n) is 24.4. The van der Waals surface area contributed by atoms with Gasteiger partial charge in [0, 0.05) is 15.3 Å². The summed E-state index contributed by atoms with van der Waals surface area (Å²) in [6.07, 6.45) is 0. The maximum atomic E-state index is 4.34. The predicted molar refractivity (Wildman–Crippen MR) is 379 cm³/mol. The Bertz CT molecular complexity index is 5490. The van der Waals surface area contributed by atoms with E-state index in [0.717, 1.165) is 4.47 Å². The third kappa shape index (κ3) is 7.79. The van der Waals surface area contributed by atoms with Crippen LogP contribution in [0.2, 0.25) is 0 Å². The van der Waals surface area contributed by atoms with Crippen molar-refractivity contribution in [1.29, 1.82) is 0 Å². The van der Waals surface area contributed by atoms with Gasteiger partial charge in [-0.05, 0) is 233 Å². The summed E-state index contributed by atoms with van der Waals surface area (Å²) in [5.74, 6) is 0. The molecule has 0 bridgehead atoms. The fraction of sp³-hybridized carbons (Fsp3) is 0.0732. The van der Waals surface area contributed by atoms with Crippen LogP contribution in [-0.4, -0.2) is 7.64 Å². The summed E-state index contributed by atoms with van der Waals surface area (Å²) in [5, 5.41) is 26.2. The quantitative estimate of drug-likeness (QED) is 0.0767. The zero-order valence-corrected chi connectivity index (χ0v) is 50.7. The molecule has 0 aromatic heterocycles. The van der Waals surface area contributed by atoms with Crippen LogP contribution in [0, 0.1) is 0 Å². The van der Waals surface area contributed by atoms with Crippen molar-refractivity contribution in [3.05, 3.63) is 288 Å². The first kappa shape index (κ1) is 52.4. The van der Waals surface area contributed by atoms with Gasteiger partial charge < -0.3 is 0 Å². The minimum absolute atomic E-state index is 0.109. The zero-order chi connectivity index (χ0) is 58.2. The molecule has 0 saturated carbocycles. The number of hydrogen-bond acceptors (Lipinski definition) is 2. The monoisotopic (exact) mass is 1180 g/mol. The normalized spacial score (nSPS) is 13.5. The predicted octanol–water partition coefficient (Wildman–Crippen LogP) is 23.8. The average Bonchev–Trinajstić information content (AvgIpc) is 1.61. The van der Waals surface area contributed by atoms with Crippen LogP contribution in [0.25, 0.3) is 152 Å². The van der Waals surface area contributed by atoms with Crippen molar-refractivity contribution < 1.29 is 0 Å².